The summed E-state index contributed by atoms with van der Waals surface area (Å²) in [4.78, 5) is 13.6. The van der Waals surface area contributed by atoms with Crippen LogP contribution in [0.3, 0.4) is 0 Å². The zero-order valence-electron chi connectivity index (χ0n) is 12.2. The van der Waals surface area contributed by atoms with Crippen molar-refractivity contribution in [1.29, 1.82) is 0 Å². The molecule has 1 N–H and O–H groups in total. The number of nitrogens with zero attached hydrogens (tertiary/aromatic N) is 1. The van der Waals surface area contributed by atoms with Gasteiger partial charge in [-0.25, -0.2) is 0 Å². The number of carboxylic acid groups (broad SMARTS) is 1. The van der Waals surface area contributed by atoms with Gasteiger partial charge >= 0.3 is 5.97 Å². The third-order valence-electron chi connectivity index (χ3n) is 4.45. The maximum Gasteiger partial charge on any atom is 0.320 e. The minimum Gasteiger partial charge on any atom is -0.480 e. The fourth-order valence-corrected chi connectivity index (χ4v) is 3.61. The van der Waals surface area contributed by atoms with Gasteiger partial charge < -0.3 is 9.84 Å². The fraction of sp³-hybridized carbons (Fsp3) is 0.933. The first-order chi connectivity index (χ1) is 9.09. The van der Waals surface area contributed by atoms with E-state index in [0.29, 0.717) is 24.5 Å². The average molecular weight is 269 g/mol. The molecule has 3 atom stereocenters. The van der Waals surface area contributed by atoms with E-state index in [9.17, 15) is 9.90 Å². The molecule has 0 bridgehead atoms. The van der Waals surface area contributed by atoms with Gasteiger partial charge in [-0.2, -0.15) is 0 Å². The van der Waals surface area contributed by atoms with E-state index >= 15 is 0 Å². The van der Waals surface area contributed by atoms with Crippen molar-refractivity contribution < 1.29 is 14.6 Å². The van der Waals surface area contributed by atoms with Gasteiger partial charge in [0.2, 0.25) is 0 Å². The standard InChI is InChI=1S/C15H27NO3/c1-11(2)10-19-8-7-16-13-6-4-3-5-12(13)9-14(16)15(17)18/h11-14H,3-10H2,1-2H3,(H,17,18)/t12-,13-,14+/m1/s1. The maximum absolute atomic E-state index is 11.4. The highest BCUT2D eigenvalue weighted by Crippen LogP contribution is 2.39. The van der Waals surface area contributed by atoms with E-state index in [1.54, 1.807) is 0 Å². The lowest BCUT2D eigenvalue weighted by atomic mass is 9.85. The first kappa shape index (κ1) is 14.8. The zero-order chi connectivity index (χ0) is 13.8. The highest BCUT2D eigenvalue weighted by atomic mass is 16.5. The molecule has 1 aliphatic carbocycles. The Hall–Kier alpha value is -0.610. The van der Waals surface area contributed by atoms with Crippen LogP contribution in [0.5, 0.6) is 0 Å². The summed E-state index contributed by atoms with van der Waals surface area (Å²) in [6, 6.07) is 0.202. The molecule has 19 heavy (non-hydrogen) atoms. The Kier molecular flexibility index (Phi) is 5.22. The second-order valence-corrected chi connectivity index (χ2v) is 6.41. The Bertz CT molecular complexity index is 306. The fourth-order valence-electron chi connectivity index (χ4n) is 3.61. The van der Waals surface area contributed by atoms with Crippen LogP contribution in [0.1, 0.15) is 46.0 Å². The average Bonchev–Trinajstić information content (AvgIpc) is 2.73. The molecule has 0 aromatic heterocycles. The molecular formula is C15H27NO3. The minimum absolute atomic E-state index is 0.282. The molecule has 2 rings (SSSR count). The number of hydrogen-bond acceptors (Lipinski definition) is 3. The van der Waals surface area contributed by atoms with E-state index in [4.69, 9.17) is 4.74 Å². The van der Waals surface area contributed by atoms with Crippen molar-refractivity contribution in [2.45, 2.75) is 58.0 Å². The van der Waals surface area contributed by atoms with Crippen LogP contribution in [-0.2, 0) is 9.53 Å². The zero-order valence-corrected chi connectivity index (χ0v) is 12.2. The van der Waals surface area contributed by atoms with Crippen LogP contribution in [0.25, 0.3) is 0 Å². The molecular weight excluding hydrogens is 242 g/mol. The molecule has 0 aromatic carbocycles. The number of carboxylic acids is 1. The van der Waals surface area contributed by atoms with E-state index in [1.807, 2.05) is 0 Å². The summed E-state index contributed by atoms with van der Waals surface area (Å²) in [5, 5.41) is 9.39. The van der Waals surface area contributed by atoms with E-state index in [2.05, 4.69) is 18.7 Å². The molecule has 1 heterocycles. The predicted octanol–water partition coefficient (Wildman–Crippen LogP) is 2.38. The van der Waals surface area contributed by atoms with Gasteiger partial charge in [0, 0.05) is 19.2 Å². The molecule has 1 saturated heterocycles. The predicted molar refractivity (Wildman–Crippen MR) is 74.1 cm³/mol. The number of carbonyl (C=O) groups is 1. The van der Waals surface area contributed by atoms with Gasteiger partial charge in [0.25, 0.3) is 0 Å². The molecule has 4 heteroatoms. The number of aliphatic carboxylic acids is 1. The summed E-state index contributed by atoms with van der Waals surface area (Å²) in [5.74, 6) is 0.481. The third kappa shape index (κ3) is 3.69. The summed E-state index contributed by atoms with van der Waals surface area (Å²) in [7, 11) is 0. The Morgan fingerprint density at radius 1 is 1.37 bits per heavy atom. The molecule has 0 spiro atoms. The lowest BCUT2D eigenvalue weighted by Crippen LogP contribution is -2.44. The first-order valence-corrected chi connectivity index (χ1v) is 7.66. The van der Waals surface area contributed by atoms with E-state index in [-0.39, 0.29) is 6.04 Å². The van der Waals surface area contributed by atoms with Crippen LogP contribution in [0.4, 0.5) is 0 Å². The summed E-state index contributed by atoms with van der Waals surface area (Å²) in [6.07, 6.45) is 5.72. The van der Waals surface area contributed by atoms with Crippen LogP contribution < -0.4 is 0 Å². The van der Waals surface area contributed by atoms with Crippen LogP contribution in [0, 0.1) is 11.8 Å². The largest absolute Gasteiger partial charge is 0.480 e. The monoisotopic (exact) mass is 269 g/mol. The van der Waals surface area contributed by atoms with Crippen molar-refractivity contribution >= 4 is 5.97 Å². The molecule has 2 fully saturated rings. The minimum atomic E-state index is -0.654. The Morgan fingerprint density at radius 2 is 2.11 bits per heavy atom. The third-order valence-corrected chi connectivity index (χ3v) is 4.45. The molecule has 0 radical (unpaired) electrons. The Balaban J connectivity index is 1.88. The Morgan fingerprint density at radius 3 is 2.79 bits per heavy atom. The number of ether oxygens (including phenoxy) is 1. The molecule has 1 saturated carbocycles. The second kappa shape index (κ2) is 6.71. The van der Waals surface area contributed by atoms with Gasteiger partial charge in [-0.15, -0.1) is 0 Å². The topological polar surface area (TPSA) is 49.8 Å². The Labute approximate surface area is 116 Å². The molecule has 0 unspecified atom stereocenters. The maximum atomic E-state index is 11.4. The van der Waals surface area contributed by atoms with E-state index < -0.39 is 5.97 Å². The highest BCUT2D eigenvalue weighted by Gasteiger charge is 2.44. The van der Waals surface area contributed by atoms with E-state index in [0.717, 1.165) is 19.6 Å². The lowest BCUT2D eigenvalue weighted by molar-refractivity contribution is -0.143. The van der Waals surface area contributed by atoms with Crippen LogP contribution in [-0.4, -0.2) is 47.8 Å². The van der Waals surface area contributed by atoms with Gasteiger partial charge in [-0.3, -0.25) is 9.69 Å². The van der Waals surface area contributed by atoms with Crippen LogP contribution in [0.15, 0.2) is 0 Å². The number of rotatable bonds is 6. The quantitative estimate of drug-likeness (QED) is 0.752. The summed E-state index contributed by atoms with van der Waals surface area (Å²) in [5.41, 5.74) is 0. The molecule has 0 aromatic rings. The van der Waals surface area contributed by atoms with Crippen molar-refractivity contribution in [3.05, 3.63) is 0 Å². The molecule has 1 aliphatic heterocycles. The SMILES string of the molecule is CC(C)COCCN1[C@@H]2CCCC[C@@H]2C[C@H]1C(=O)O. The van der Waals surface area contributed by atoms with Gasteiger partial charge in [0.1, 0.15) is 6.04 Å². The van der Waals surface area contributed by atoms with Crippen molar-refractivity contribution in [2.75, 3.05) is 19.8 Å². The molecule has 4 nitrogen and oxygen atoms in total. The van der Waals surface area contributed by atoms with Gasteiger partial charge in [0.15, 0.2) is 0 Å². The summed E-state index contributed by atoms with van der Waals surface area (Å²) >= 11 is 0. The molecule has 0 amide bonds. The molecule has 2 aliphatic rings. The van der Waals surface area contributed by atoms with Crippen LogP contribution in [0.2, 0.25) is 0 Å². The van der Waals surface area contributed by atoms with Crippen molar-refractivity contribution in [1.82, 2.24) is 4.90 Å². The highest BCUT2D eigenvalue weighted by molar-refractivity contribution is 5.74. The first-order valence-electron chi connectivity index (χ1n) is 7.66. The smallest absolute Gasteiger partial charge is 0.320 e. The van der Waals surface area contributed by atoms with Crippen molar-refractivity contribution in [3.63, 3.8) is 0 Å². The van der Waals surface area contributed by atoms with E-state index in [1.165, 1.54) is 25.7 Å². The van der Waals surface area contributed by atoms with Crippen LogP contribution >= 0.6 is 0 Å². The van der Waals surface area contributed by atoms with Gasteiger partial charge in [-0.1, -0.05) is 26.7 Å². The molecule has 110 valence electrons. The lowest BCUT2D eigenvalue weighted by Gasteiger charge is -2.32. The number of fused-ring (bicyclic) bond motifs is 1. The summed E-state index contributed by atoms with van der Waals surface area (Å²) < 4.78 is 5.63. The normalized spacial score (nSPS) is 31.6. The number of likely N-dealkylation sites (tertiary alicyclic amines) is 1. The van der Waals surface area contributed by atoms with Gasteiger partial charge in [0.05, 0.1) is 6.61 Å². The summed E-state index contributed by atoms with van der Waals surface area (Å²) in [6.45, 7) is 6.45. The second-order valence-electron chi connectivity index (χ2n) is 6.41. The number of hydrogen-bond donors (Lipinski definition) is 1. The van der Waals surface area contributed by atoms with Crippen molar-refractivity contribution in [2.24, 2.45) is 11.8 Å². The van der Waals surface area contributed by atoms with Gasteiger partial charge in [-0.05, 0) is 31.1 Å². The van der Waals surface area contributed by atoms with Crippen molar-refractivity contribution in [3.8, 4) is 0 Å².